The summed E-state index contributed by atoms with van der Waals surface area (Å²) in [6.07, 6.45) is 2.86. The van der Waals surface area contributed by atoms with Crippen molar-refractivity contribution in [3.63, 3.8) is 0 Å². The fourth-order valence-electron chi connectivity index (χ4n) is 2.48. The van der Waals surface area contributed by atoms with E-state index in [4.69, 9.17) is 4.74 Å². The number of anilines is 1. The molecule has 0 bridgehead atoms. The molecule has 1 aromatic heterocycles. The number of aliphatic hydroxyl groups excluding tert-OH is 1. The first-order valence-electron chi connectivity index (χ1n) is 8.30. The van der Waals surface area contributed by atoms with Crippen LogP contribution in [0.1, 0.15) is 24.8 Å². The molecule has 1 fully saturated rings. The topological polar surface area (TPSA) is 78.8 Å². The van der Waals surface area contributed by atoms with E-state index < -0.39 is 6.23 Å². The number of urea groups is 1. The van der Waals surface area contributed by atoms with Gasteiger partial charge in [-0.2, -0.15) is 0 Å². The number of likely N-dealkylation sites (N-methyl/N-ethyl adjacent to an activating group) is 1. The molecule has 7 nitrogen and oxygen atoms in total. The van der Waals surface area contributed by atoms with Crippen LogP contribution in [0.4, 0.5) is 9.93 Å². The second-order valence-electron chi connectivity index (χ2n) is 5.91. The van der Waals surface area contributed by atoms with Crippen molar-refractivity contribution in [2.24, 2.45) is 0 Å². The van der Waals surface area contributed by atoms with E-state index in [0.717, 1.165) is 25.7 Å². The van der Waals surface area contributed by atoms with Crippen molar-refractivity contribution in [3.05, 3.63) is 36.4 Å². The van der Waals surface area contributed by atoms with E-state index in [-0.39, 0.29) is 12.6 Å². The fraction of sp³-hybridized carbons (Fsp3) is 0.353. The summed E-state index contributed by atoms with van der Waals surface area (Å²) in [5.74, 6) is 1.38. The minimum atomic E-state index is -0.927. The normalized spacial score (nSPS) is 17.7. The Balaban J connectivity index is 1.91. The third-order valence-electron chi connectivity index (χ3n) is 3.85. The third kappa shape index (κ3) is 4.54. The highest BCUT2D eigenvalue weighted by Crippen LogP contribution is 2.34. The number of hydrogen-bond donors (Lipinski definition) is 1. The highest BCUT2D eigenvalue weighted by atomic mass is 127. The molecule has 0 radical (unpaired) electrons. The second-order valence-corrected chi connectivity index (χ2v) is 9.19. The Kier molecular flexibility index (Phi) is 6.92. The number of hydrogen-bond acceptors (Lipinski definition) is 6. The van der Waals surface area contributed by atoms with Gasteiger partial charge in [0.25, 0.3) is 0 Å². The largest absolute Gasteiger partial charge is 0.452 e. The third-order valence-corrected chi connectivity index (χ3v) is 6.48. The average molecular weight is 612 g/mol. The van der Waals surface area contributed by atoms with Crippen LogP contribution in [-0.4, -0.2) is 46.1 Å². The van der Waals surface area contributed by atoms with Gasteiger partial charge in [0, 0.05) is 7.05 Å². The van der Waals surface area contributed by atoms with E-state index in [0.29, 0.717) is 15.9 Å². The Bertz CT molecular complexity index is 853. The quantitative estimate of drug-likeness (QED) is 0.392. The molecule has 1 atom stereocenters. The van der Waals surface area contributed by atoms with E-state index in [9.17, 15) is 9.90 Å². The van der Waals surface area contributed by atoms with Gasteiger partial charge in [0.15, 0.2) is 22.7 Å². The number of nitrogens with zero attached hydrogens (tertiary/aromatic N) is 4. The van der Waals surface area contributed by atoms with E-state index in [2.05, 4.69) is 62.3 Å². The maximum atomic E-state index is 12.2. The van der Waals surface area contributed by atoms with Gasteiger partial charge < -0.3 is 14.7 Å². The number of amides is 2. The van der Waals surface area contributed by atoms with Gasteiger partial charge in [-0.1, -0.05) is 30.7 Å². The number of aliphatic hydroxyl groups is 1. The molecule has 0 saturated carbocycles. The molecule has 144 valence electrons. The summed E-state index contributed by atoms with van der Waals surface area (Å²) >= 11 is 5.71. The van der Waals surface area contributed by atoms with E-state index in [1.54, 1.807) is 7.05 Å². The number of aromatic nitrogens is 2. The van der Waals surface area contributed by atoms with Crippen LogP contribution in [0.2, 0.25) is 0 Å². The van der Waals surface area contributed by atoms with Gasteiger partial charge in [-0.25, -0.2) is 9.69 Å². The number of ether oxygens (including phenoxy) is 1. The molecule has 0 aliphatic carbocycles. The van der Waals surface area contributed by atoms with Crippen LogP contribution in [0.25, 0.3) is 5.76 Å². The molecule has 2 amide bonds. The van der Waals surface area contributed by atoms with Crippen LogP contribution in [0.5, 0.6) is 5.75 Å². The smallest absolute Gasteiger partial charge is 0.328 e. The Morgan fingerprint density at radius 1 is 1.41 bits per heavy atom. The van der Waals surface area contributed by atoms with E-state index in [1.165, 1.54) is 21.1 Å². The van der Waals surface area contributed by atoms with Gasteiger partial charge in [-0.05, 0) is 69.8 Å². The van der Waals surface area contributed by atoms with Crippen molar-refractivity contribution >= 4 is 73.4 Å². The summed E-state index contributed by atoms with van der Waals surface area (Å²) in [5.41, 5.74) is 0. The minimum Gasteiger partial charge on any atom is -0.452 e. The molecular formula is C17H18I2N4O3S. The van der Waals surface area contributed by atoms with Crippen molar-refractivity contribution in [3.8, 4) is 5.75 Å². The van der Waals surface area contributed by atoms with Gasteiger partial charge in [-0.3, -0.25) is 0 Å². The Hall–Kier alpha value is -0.990. The zero-order valence-corrected chi connectivity index (χ0v) is 19.9. The summed E-state index contributed by atoms with van der Waals surface area (Å²) in [7, 11) is 1.64. The molecule has 2 heterocycles. The molecule has 10 heteroatoms. The Morgan fingerprint density at radius 2 is 2.11 bits per heavy atom. The highest BCUT2D eigenvalue weighted by molar-refractivity contribution is 14.1. The van der Waals surface area contributed by atoms with Gasteiger partial charge in [0.1, 0.15) is 0 Å². The van der Waals surface area contributed by atoms with Gasteiger partial charge in [0.2, 0.25) is 5.13 Å². The lowest BCUT2D eigenvalue weighted by Gasteiger charge is -2.14. The molecule has 1 unspecified atom stereocenters. The number of unbranched alkanes of at least 4 members (excludes halogenated alkanes) is 1. The van der Waals surface area contributed by atoms with Crippen molar-refractivity contribution in [2.75, 3.05) is 18.5 Å². The van der Waals surface area contributed by atoms with Crippen LogP contribution >= 0.6 is 56.5 Å². The lowest BCUT2D eigenvalue weighted by atomic mass is 10.3. The fourth-order valence-corrected chi connectivity index (χ4v) is 5.07. The van der Waals surface area contributed by atoms with Gasteiger partial charge in [0.05, 0.1) is 13.7 Å². The predicted molar refractivity (Wildman–Crippen MR) is 122 cm³/mol. The summed E-state index contributed by atoms with van der Waals surface area (Å²) in [5, 5.41) is 19.4. The zero-order chi connectivity index (χ0) is 19.6. The average Bonchev–Trinajstić information content (AvgIpc) is 3.19. The first-order chi connectivity index (χ1) is 12.9. The van der Waals surface area contributed by atoms with Crippen molar-refractivity contribution < 1.29 is 14.6 Å². The summed E-state index contributed by atoms with van der Waals surface area (Å²) in [6.45, 7) is 2.33. The molecule has 2 aromatic rings. The predicted octanol–water partition coefficient (Wildman–Crippen LogP) is 4.16. The first-order valence-corrected chi connectivity index (χ1v) is 11.3. The number of halogens is 2. The van der Waals surface area contributed by atoms with Crippen molar-refractivity contribution in [1.29, 1.82) is 0 Å². The van der Waals surface area contributed by atoms with Crippen LogP contribution in [0, 0.1) is 7.14 Å². The molecule has 0 spiro atoms. The highest BCUT2D eigenvalue weighted by Gasteiger charge is 2.37. The van der Waals surface area contributed by atoms with Gasteiger partial charge in [-0.15, -0.1) is 10.2 Å². The lowest BCUT2D eigenvalue weighted by molar-refractivity contribution is 0.183. The van der Waals surface area contributed by atoms with Crippen LogP contribution in [0.3, 0.4) is 0 Å². The number of allylic oxidation sites excluding steroid dienone is 1. The lowest BCUT2D eigenvalue weighted by Crippen LogP contribution is -2.34. The molecule has 3 rings (SSSR count). The SMILES string of the molecule is CCC/C=C(\Oc1c(I)cccc1I)c1nnc(N2C(=O)N(C)CC2O)s1. The van der Waals surface area contributed by atoms with Crippen LogP contribution in [0.15, 0.2) is 24.3 Å². The zero-order valence-electron chi connectivity index (χ0n) is 14.7. The van der Waals surface area contributed by atoms with Crippen molar-refractivity contribution in [2.45, 2.75) is 26.0 Å². The number of carbonyl (C=O) groups excluding carboxylic acids is 1. The maximum absolute atomic E-state index is 12.2. The second kappa shape index (κ2) is 9.01. The molecule has 1 aliphatic rings. The molecule has 1 aliphatic heterocycles. The van der Waals surface area contributed by atoms with Crippen LogP contribution in [-0.2, 0) is 0 Å². The molecule has 1 N–H and O–H groups in total. The van der Waals surface area contributed by atoms with Crippen molar-refractivity contribution in [1.82, 2.24) is 15.1 Å². The Labute approximate surface area is 188 Å². The minimum absolute atomic E-state index is 0.239. The summed E-state index contributed by atoms with van der Waals surface area (Å²) < 4.78 is 8.19. The van der Waals surface area contributed by atoms with E-state index >= 15 is 0 Å². The summed E-state index contributed by atoms with van der Waals surface area (Å²) in [4.78, 5) is 14.9. The molecular weight excluding hydrogens is 594 g/mol. The standard InChI is InChI=1S/C17H18I2N4O3S/c1-3-4-8-12(26-14-10(18)6-5-7-11(14)19)15-20-21-16(27-15)23-13(24)9-22(2)17(23)25/h5-8,13,24H,3-4,9H2,1-2H3/b12-8-. The molecule has 1 saturated heterocycles. The van der Waals surface area contributed by atoms with Gasteiger partial charge >= 0.3 is 6.03 Å². The summed E-state index contributed by atoms with van der Waals surface area (Å²) in [6, 6.07) is 5.65. The Morgan fingerprint density at radius 3 is 2.70 bits per heavy atom. The number of benzene rings is 1. The first kappa shape index (κ1) is 20.7. The number of carbonyl (C=O) groups is 1. The molecule has 27 heavy (non-hydrogen) atoms. The monoisotopic (exact) mass is 612 g/mol. The van der Waals surface area contributed by atoms with Crippen LogP contribution < -0.4 is 9.64 Å². The number of para-hydroxylation sites is 1. The number of rotatable bonds is 6. The number of β-amino-alcohol motifs (C(OH)–C–C–N with tert-alkyl or cyclic N) is 1. The van der Waals surface area contributed by atoms with E-state index in [1.807, 2.05) is 24.3 Å². The maximum Gasteiger partial charge on any atom is 0.328 e. The molecule has 1 aromatic carbocycles.